The SMILES string of the molecule is O=C(NC1CCCOC1)c1cccc(S(=O)(=O)N2CCc3sccc3C2)c1. The number of hydrogen-bond donors (Lipinski definition) is 1. The van der Waals surface area contributed by atoms with Crippen LogP contribution in [0, 0.1) is 0 Å². The molecule has 0 saturated carbocycles. The molecule has 1 atom stereocenters. The van der Waals surface area contributed by atoms with Crippen molar-refractivity contribution in [3.05, 3.63) is 51.7 Å². The number of fused-ring (bicyclic) bond motifs is 1. The molecule has 6 nitrogen and oxygen atoms in total. The van der Waals surface area contributed by atoms with Gasteiger partial charge in [-0.05, 0) is 54.5 Å². The van der Waals surface area contributed by atoms with Gasteiger partial charge in [0.15, 0.2) is 0 Å². The molecule has 1 N–H and O–H groups in total. The highest BCUT2D eigenvalue weighted by atomic mass is 32.2. The highest BCUT2D eigenvalue weighted by molar-refractivity contribution is 7.89. The van der Waals surface area contributed by atoms with Crippen LogP contribution in [-0.2, 0) is 27.7 Å². The smallest absolute Gasteiger partial charge is 0.251 e. The standard InChI is InChI=1S/C19H22N2O4S2/c22-19(20-16-4-2-9-25-13-16)14-3-1-5-17(11-14)27(23,24)21-8-6-18-15(12-21)7-10-26-18/h1,3,5,7,10-11,16H,2,4,6,8-9,12-13H2,(H,20,22). The van der Waals surface area contributed by atoms with Crippen LogP contribution in [0.1, 0.15) is 33.6 Å². The van der Waals surface area contributed by atoms with Gasteiger partial charge in [-0.2, -0.15) is 4.31 Å². The molecule has 2 aromatic rings. The fourth-order valence-electron chi connectivity index (χ4n) is 3.50. The number of nitrogens with zero attached hydrogens (tertiary/aromatic N) is 1. The van der Waals surface area contributed by atoms with Crippen LogP contribution in [0.3, 0.4) is 0 Å². The minimum atomic E-state index is -3.64. The van der Waals surface area contributed by atoms with Crippen molar-refractivity contribution < 1.29 is 17.9 Å². The van der Waals surface area contributed by atoms with E-state index in [1.165, 1.54) is 15.2 Å². The number of hydrogen-bond acceptors (Lipinski definition) is 5. The molecule has 1 fully saturated rings. The zero-order valence-electron chi connectivity index (χ0n) is 14.9. The van der Waals surface area contributed by atoms with E-state index in [0.29, 0.717) is 25.3 Å². The molecule has 1 aromatic heterocycles. The predicted molar refractivity (Wildman–Crippen MR) is 103 cm³/mol. The van der Waals surface area contributed by atoms with Crippen LogP contribution in [0.25, 0.3) is 0 Å². The summed E-state index contributed by atoms with van der Waals surface area (Å²) in [5.41, 5.74) is 1.43. The maximum absolute atomic E-state index is 13.1. The number of amides is 1. The van der Waals surface area contributed by atoms with Gasteiger partial charge in [0.05, 0.1) is 17.5 Å². The van der Waals surface area contributed by atoms with Crippen molar-refractivity contribution in [3.63, 3.8) is 0 Å². The van der Waals surface area contributed by atoms with E-state index in [4.69, 9.17) is 4.74 Å². The van der Waals surface area contributed by atoms with Gasteiger partial charge < -0.3 is 10.1 Å². The second-order valence-electron chi connectivity index (χ2n) is 6.87. The molecule has 2 aliphatic rings. The largest absolute Gasteiger partial charge is 0.379 e. The van der Waals surface area contributed by atoms with Gasteiger partial charge in [0.1, 0.15) is 0 Å². The highest BCUT2D eigenvalue weighted by Gasteiger charge is 2.29. The lowest BCUT2D eigenvalue weighted by Crippen LogP contribution is -2.40. The molecule has 1 saturated heterocycles. The number of carbonyl (C=O) groups is 1. The molecule has 0 radical (unpaired) electrons. The van der Waals surface area contributed by atoms with Crippen LogP contribution in [0.4, 0.5) is 0 Å². The Hall–Kier alpha value is -1.74. The quantitative estimate of drug-likeness (QED) is 0.846. The van der Waals surface area contributed by atoms with Gasteiger partial charge in [-0.1, -0.05) is 6.07 Å². The Morgan fingerprint density at radius 3 is 3.00 bits per heavy atom. The summed E-state index contributed by atoms with van der Waals surface area (Å²) in [6.45, 7) is 2.07. The molecule has 1 aromatic carbocycles. The second-order valence-corrected chi connectivity index (χ2v) is 9.81. The van der Waals surface area contributed by atoms with Crippen LogP contribution < -0.4 is 5.32 Å². The number of nitrogens with one attached hydrogen (secondary N) is 1. The van der Waals surface area contributed by atoms with E-state index in [0.717, 1.165) is 31.4 Å². The predicted octanol–water partition coefficient (Wildman–Crippen LogP) is 2.40. The van der Waals surface area contributed by atoms with E-state index in [1.54, 1.807) is 29.5 Å². The lowest BCUT2D eigenvalue weighted by Gasteiger charge is -2.26. The number of thiophene rings is 1. The molecule has 27 heavy (non-hydrogen) atoms. The minimum absolute atomic E-state index is 0.0226. The molecule has 8 heteroatoms. The first-order valence-corrected chi connectivity index (χ1v) is 11.4. The van der Waals surface area contributed by atoms with Crippen molar-refractivity contribution in [1.82, 2.24) is 9.62 Å². The third kappa shape index (κ3) is 3.94. The molecule has 0 aliphatic carbocycles. The van der Waals surface area contributed by atoms with Crippen molar-refractivity contribution in [2.75, 3.05) is 19.8 Å². The zero-order chi connectivity index (χ0) is 18.9. The first-order chi connectivity index (χ1) is 13.0. The summed E-state index contributed by atoms with van der Waals surface area (Å²) >= 11 is 1.67. The molecule has 4 rings (SSSR count). The number of ether oxygens (including phenoxy) is 1. The first kappa shape index (κ1) is 18.6. The van der Waals surface area contributed by atoms with Gasteiger partial charge in [-0.15, -0.1) is 11.3 Å². The Balaban J connectivity index is 1.52. The Morgan fingerprint density at radius 1 is 1.30 bits per heavy atom. The van der Waals surface area contributed by atoms with Crippen LogP contribution in [0.15, 0.2) is 40.6 Å². The van der Waals surface area contributed by atoms with Crippen molar-refractivity contribution in [2.24, 2.45) is 0 Å². The highest BCUT2D eigenvalue weighted by Crippen LogP contribution is 2.28. The van der Waals surface area contributed by atoms with Gasteiger partial charge in [0, 0.05) is 30.1 Å². The molecular weight excluding hydrogens is 384 g/mol. The average molecular weight is 407 g/mol. The van der Waals surface area contributed by atoms with Gasteiger partial charge in [-0.3, -0.25) is 4.79 Å². The molecule has 0 spiro atoms. The summed E-state index contributed by atoms with van der Waals surface area (Å²) in [5, 5.41) is 4.93. The third-order valence-corrected chi connectivity index (χ3v) is 7.87. The summed E-state index contributed by atoms with van der Waals surface area (Å²) in [6, 6.07) is 8.25. The van der Waals surface area contributed by atoms with Gasteiger partial charge >= 0.3 is 0 Å². The normalized spacial score (nSPS) is 20.8. The molecule has 1 unspecified atom stereocenters. The third-order valence-electron chi connectivity index (χ3n) is 5.00. The maximum Gasteiger partial charge on any atom is 0.251 e. The molecule has 0 bridgehead atoms. The van der Waals surface area contributed by atoms with Crippen molar-refractivity contribution in [3.8, 4) is 0 Å². The lowest BCUT2D eigenvalue weighted by molar-refractivity contribution is 0.0624. The van der Waals surface area contributed by atoms with Crippen molar-refractivity contribution >= 4 is 27.3 Å². The average Bonchev–Trinajstić information content (AvgIpc) is 3.17. The Morgan fingerprint density at radius 2 is 2.19 bits per heavy atom. The van der Waals surface area contributed by atoms with E-state index in [1.807, 2.05) is 11.4 Å². The molecule has 3 heterocycles. The van der Waals surface area contributed by atoms with Crippen LogP contribution in [0.2, 0.25) is 0 Å². The molecule has 1 amide bonds. The van der Waals surface area contributed by atoms with E-state index < -0.39 is 10.0 Å². The topological polar surface area (TPSA) is 75.7 Å². The summed E-state index contributed by atoms with van der Waals surface area (Å²) in [5.74, 6) is -0.263. The molecule has 2 aliphatic heterocycles. The second kappa shape index (κ2) is 7.71. The van der Waals surface area contributed by atoms with Crippen molar-refractivity contribution in [2.45, 2.75) is 36.7 Å². The van der Waals surface area contributed by atoms with Gasteiger partial charge in [-0.25, -0.2) is 8.42 Å². The van der Waals surface area contributed by atoms with Gasteiger partial charge in [0.25, 0.3) is 5.91 Å². The molecular formula is C19H22N2O4S2. The Labute approximate surface area is 163 Å². The summed E-state index contributed by atoms with van der Waals surface area (Å²) in [4.78, 5) is 13.9. The lowest BCUT2D eigenvalue weighted by atomic mass is 10.1. The minimum Gasteiger partial charge on any atom is -0.379 e. The first-order valence-electron chi connectivity index (χ1n) is 9.08. The summed E-state index contributed by atoms with van der Waals surface area (Å²) < 4.78 is 33.0. The van der Waals surface area contributed by atoms with Crippen molar-refractivity contribution in [1.29, 1.82) is 0 Å². The van der Waals surface area contributed by atoms with Gasteiger partial charge in [0.2, 0.25) is 10.0 Å². The number of sulfonamides is 1. The fourth-order valence-corrected chi connectivity index (χ4v) is 5.85. The fraction of sp³-hybridized carbons (Fsp3) is 0.421. The molecule has 144 valence electrons. The zero-order valence-corrected chi connectivity index (χ0v) is 16.5. The van der Waals surface area contributed by atoms with E-state index in [-0.39, 0.29) is 16.8 Å². The van der Waals surface area contributed by atoms with Crippen LogP contribution in [0.5, 0.6) is 0 Å². The monoisotopic (exact) mass is 406 g/mol. The van der Waals surface area contributed by atoms with E-state index in [2.05, 4.69) is 5.32 Å². The van der Waals surface area contributed by atoms with Crippen LogP contribution >= 0.6 is 11.3 Å². The van der Waals surface area contributed by atoms with E-state index in [9.17, 15) is 13.2 Å². The van der Waals surface area contributed by atoms with Crippen LogP contribution in [-0.4, -0.2) is 44.4 Å². The summed E-state index contributed by atoms with van der Waals surface area (Å²) in [6.07, 6.45) is 2.52. The van der Waals surface area contributed by atoms with E-state index >= 15 is 0 Å². The maximum atomic E-state index is 13.1. The Kier molecular flexibility index (Phi) is 5.32. The number of rotatable bonds is 4. The Bertz CT molecular complexity index is 933. The number of benzene rings is 1. The summed E-state index contributed by atoms with van der Waals surface area (Å²) in [7, 11) is -3.64. The number of carbonyl (C=O) groups excluding carboxylic acids is 1.